The molecule has 2 heterocycles. The Hall–Kier alpha value is -2.21. The summed E-state index contributed by atoms with van der Waals surface area (Å²) >= 11 is 1.43. The fraction of sp³-hybridized carbons (Fsp3) is 0.421. The van der Waals surface area contributed by atoms with Crippen LogP contribution in [-0.2, 0) is 21.5 Å². The molecule has 0 aliphatic carbocycles. The van der Waals surface area contributed by atoms with Crippen LogP contribution in [-0.4, -0.2) is 28.2 Å². The molecule has 1 unspecified atom stereocenters. The van der Waals surface area contributed by atoms with Crippen LogP contribution in [0, 0.1) is 5.92 Å². The fourth-order valence-corrected chi connectivity index (χ4v) is 3.73. The van der Waals surface area contributed by atoms with Gasteiger partial charge in [-0.2, -0.15) is 0 Å². The van der Waals surface area contributed by atoms with E-state index in [-0.39, 0.29) is 29.6 Å². The number of rotatable bonds is 4. The number of likely N-dealkylation sites (tertiary alicyclic amines) is 1. The summed E-state index contributed by atoms with van der Waals surface area (Å²) in [7, 11) is 0. The summed E-state index contributed by atoms with van der Waals surface area (Å²) in [6, 6.07) is 9.84. The van der Waals surface area contributed by atoms with Gasteiger partial charge >= 0.3 is 0 Å². The number of nitrogens with one attached hydrogen (secondary N) is 1. The van der Waals surface area contributed by atoms with Crippen molar-refractivity contribution in [1.29, 1.82) is 0 Å². The number of hydrogen-bond donors (Lipinski definition) is 1. The molecule has 0 bridgehead atoms. The lowest BCUT2D eigenvalue weighted by Gasteiger charge is -2.16. The highest BCUT2D eigenvalue weighted by Crippen LogP contribution is 2.27. The van der Waals surface area contributed by atoms with Crippen LogP contribution in [0.3, 0.4) is 0 Å². The second kappa shape index (κ2) is 6.96. The van der Waals surface area contributed by atoms with E-state index < -0.39 is 0 Å². The van der Waals surface area contributed by atoms with Crippen LogP contribution in [0.4, 0.5) is 5.13 Å². The van der Waals surface area contributed by atoms with Crippen molar-refractivity contribution in [3.63, 3.8) is 0 Å². The Kier molecular flexibility index (Phi) is 4.90. The van der Waals surface area contributed by atoms with Crippen LogP contribution >= 0.6 is 11.3 Å². The smallest absolute Gasteiger partial charge is 0.231 e. The zero-order valence-corrected chi connectivity index (χ0v) is 15.6. The van der Waals surface area contributed by atoms with E-state index in [1.807, 2.05) is 35.7 Å². The average molecular weight is 357 g/mol. The van der Waals surface area contributed by atoms with Gasteiger partial charge in [0.05, 0.1) is 11.6 Å². The predicted molar refractivity (Wildman–Crippen MR) is 99.4 cm³/mol. The summed E-state index contributed by atoms with van der Waals surface area (Å²) < 4.78 is 0. The molecule has 1 fully saturated rings. The van der Waals surface area contributed by atoms with Gasteiger partial charge in [0.25, 0.3) is 0 Å². The highest BCUT2D eigenvalue weighted by Gasteiger charge is 2.34. The highest BCUT2D eigenvalue weighted by molar-refractivity contribution is 7.13. The lowest BCUT2D eigenvalue weighted by molar-refractivity contribution is -0.128. The van der Waals surface area contributed by atoms with E-state index in [1.165, 1.54) is 11.3 Å². The fourth-order valence-electron chi connectivity index (χ4n) is 2.79. The number of thiazole rings is 1. The Morgan fingerprint density at radius 3 is 2.68 bits per heavy atom. The number of carbonyl (C=O) groups is 2. The molecule has 1 N–H and O–H groups in total. The number of carbonyl (C=O) groups excluding carboxylic acids is 2. The molecule has 0 spiro atoms. The van der Waals surface area contributed by atoms with E-state index in [9.17, 15) is 9.59 Å². The number of aromatic nitrogens is 1. The molecule has 2 aromatic rings. The van der Waals surface area contributed by atoms with Crippen LogP contribution in [0.15, 0.2) is 35.7 Å². The number of anilines is 1. The molecule has 1 aromatic heterocycles. The summed E-state index contributed by atoms with van der Waals surface area (Å²) in [5, 5.41) is 5.44. The third-order valence-electron chi connectivity index (χ3n) is 4.30. The normalized spacial score (nSPS) is 17.8. The van der Waals surface area contributed by atoms with Gasteiger partial charge in [0.15, 0.2) is 5.13 Å². The molecule has 1 aliphatic rings. The average Bonchev–Trinajstić information content (AvgIpc) is 3.16. The van der Waals surface area contributed by atoms with Crippen LogP contribution < -0.4 is 5.32 Å². The van der Waals surface area contributed by atoms with Gasteiger partial charge in [0, 0.05) is 30.3 Å². The second-order valence-electron chi connectivity index (χ2n) is 7.44. The molecule has 0 saturated carbocycles. The second-order valence-corrected chi connectivity index (χ2v) is 8.30. The van der Waals surface area contributed by atoms with Crippen LogP contribution in [0.2, 0.25) is 0 Å². The Labute approximate surface area is 152 Å². The highest BCUT2D eigenvalue weighted by atomic mass is 32.1. The maximum atomic E-state index is 12.5. The summed E-state index contributed by atoms with van der Waals surface area (Å²) in [4.78, 5) is 30.9. The van der Waals surface area contributed by atoms with E-state index in [0.29, 0.717) is 18.2 Å². The lowest BCUT2D eigenvalue weighted by Crippen LogP contribution is -2.28. The van der Waals surface area contributed by atoms with Crippen LogP contribution in [0.25, 0.3) is 0 Å². The lowest BCUT2D eigenvalue weighted by atomic mass is 9.93. The monoisotopic (exact) mass is 357 g/mol. The first-order valence-electron chi connectivity index (χ1n) is 8.41. The minimum atomic E-state index is -0.321. The van der Waals surface area contributed by atoms with E-state index >= 15 is 0 Å². The summed E-state index contributed by atoms with van der Waals surface area (Å²) in [5.41, 5.74) is 1.99. The molecule has 6 heteroatoms. The number of amides is 2. The van der Waals surface area contributed by atoms with E-state index in [2.05, 4.69) is 31.1 Å². The summed E-state index contributed by atoms with van der Waals surface area (Å²) in [6.45, 7) is 7.27. The predicted octanol–water partition coefficient (Wildman–Crippen LogP) is 3.43. The maximum absolute atomic E-state index is 12.5. The van der Waals surface area contributed by atoms with E-state index in [1.54, 1.807) is 4.90 Å². The Morgan fingerprint density at radius 2 is 2.04 bits per heavy atom. The Balaban J connectivity index is 1.60. The van der Waals surface area contributed by atoms with Crippen molar-refractivity contribution in [3.05, 3.63) is 47.0 Å². The van der Waals surface area contributed by atoms with Crippen molar-refractivity contribution in [2.24, 2.45) is 5.92 Å². The van der Waals surface area contributed by atoms with Gasteiger partial charge in [-0.3, -0.25) is 9.59 Å². The first-order chi connectivity index (χ1) is 11.8. The SMILES string of the molecule is CC(C)(C)c1csc(NC(=O)C2CC(=O)N(Cc3ccccc3)C2)n1. The van der Waals surface area contributed by atoms with E-state index in [4.69, 9.17) is 0 Å². The van der Waals surface area contributed by atoms with Gasteiger partial charge < -0.3 is 10.2 Å². The van der Waals surface area contributed by atoms with Crippen molar-refractivity contribution in [2.45, 2.75) is 39.2 Å². The van der Waals surface area contributed by atoms with Crippen molar-refractivity contribution >= 4 is 28.3 Å². The largest absolute Gasteiger partial charge is 0.338 e. The van der Waals surface area contributed by atoms with Gasteiger partial charge in [-0.1, -0.05) is 51.1 Å². The van der Waals surface area contributed by atoms with Crippen molar-refractivity contribution in [3.8, 4) is 0 Å². The standard InChI is InChI=1S/C19H23N3O2S/c1-19(2,3)15-12-25-18(20-15)21-17(24)14-9-16(23)22(11-14)10-13-7-5-4-6-8-13/h4-8,12,14H,9-11H2,1-3H3,(H,20,21,24). The Bertz CT molecular complexity index is 764. The first kappa shape index (κ1) is 17.6. The number of nitrogens with zero attached hydrogens (tertiary/aromatic N) is 2. The molecular formula is C19H23N3O2S. The molecule has 132 valence electrons. The third kappa shape index (κ3) is 4.25. The molecule has 1 aromatic carbocycles. The van der Waals surface area contributed by atoms with Crippen LogP contribution in [0.1, 0.15) is 38.4 Å². The van der Waals surface area contributed by atoms with Gasteiger partial charge in [-0.15, -0.1) is 11.3 Å². The minimum absolute atomic E-state index is 0.0264. The van der Waals surface area contributed by atoms with Gasteiger partial charge in [0.1, 0.15) is 0 Å². The molecular weight excluding hydrogens is 334 g/mol. The molecule has 1 saturated heterocycles. The summed E-state index contributed by atoms with van der Waals surface area (Å²) in [5.74, 6) is -0.421. The van der Waals surface area contributed by atoms with Gasteiger partial charge in [-0.05, 0) is 5.56 Å². The molecule has 1 atom stereocenters. The minimum Gasteiger partial charge on any atom is -0.338 e. The molecule has 5 nitrogen and oxygen atoms in total. The molecule has 0 radical (unpaired) electrons. The van der Waals surface area contributed by atoms with Crippen LogP contribution in [0.5, 0.6) is 0 Å². The quantitative estimate of drug-likeness (QED) is 0.912. The van der Waals surface area contributed by atoms with E-state index in [0.717, 1.165) is 11.3 Å². The van der Waals surface area contributed by atoms with Crippen molar-refractivity contribution < 1.29 is 9.59 Å². The number of benzene rings is 1. The van der Waals surface area contributed by atoms with Gasteiger partial charge in [-0.25, -0.2) is 4.98 Å². The summed E-state index contributed by atoms with van der Waals surface area (Å²) in [6.07, 6.45) is 0.260. The first-order valence-corrected chi connectivity index (χ1v) is 9.29. The zero-order valence-electron chi connectivity index (χ0n) is 14.8. The topological polar surface area (TPSA) is 62.3 Å². The third-order valence-corrected chi connectivity index (χ3v) is 5.06. The van der Waals surface area contributed by atoms with Crippen molar-refractivity contribution in [2.75, 3.05) is 11.9 Å². The maximum Gasteiger partial charge on any atom is 0.231 e. The molecule has 1 aliphatic heterocycles. The van der Waals surface area contributed by atoms with Crippen molar-refractivity contribution in [1.82, 2.24) is 9.88 Å². The molecule has 25 heavy (non-hydrogen) atoms. The van der Waals surface area contributed by atoms with Gasteiger partial charge in [0.2, 0.25) is 11.8 Å². The Morgan fingerprint density at radius 1 is 1.32 bits per heavy atom. The molecule has 2 amide bonds. The zero-order chi connectivity index (χ0) is 18.0. The number of hydrogen-bond acceptors (Lipinski definition) is 4. The molecule has 3 rings (SSSR count).